The molecule has 4 unspecified atom stereocenters. The van der Waals surface area contributed by atoms with Crippen LogP contribution in [0.15, 0.2) is 12.4 Å². The van der Waals surface area contributed by atoms with Crippen LogP contribution in [0.4, 0.5) is 0 Å². The molecule has 5 nitrogen and oxygen atoms in total. The number of hydrogen-bond acceptors (Lipinski definition) is 3. The number of nitrogens with one attached hydrogen (secondary N) is 2. The smallest absolute Gasteiger partial charge is 0.242 e. The second kappa shape index (κ2) is 6.18. The maximum Gasteiger partial charge on any atom is 0.242 e. The number of carbonyl (C=O) groups excluding carboxylic acids is 1. The lowest BCUT2D eigenvalue weighted by Gasteiger charge is -2.33. The molecule has 2 N–H and O–H groups in total. The lowest BCUT2D eigenvalue weighted by Crippen LogP contribution is -2.44. The van der Waals surface area contributed by atoms with Gasteiger partial charge in [0.1, 0.15) is 6.04 Å². The molecular weight excluding hydrogens is 264 g/mol. The van der Waals surface area contributed by atoms with Crippen molar-refractivity contribution < 1.29 is 4.79 Å². The molecule has 0 spiro atoms. The van der Waals surface area contributed by atoms with Crippen molar-refractivity contribution in [3.8, 4) is 0 Å². The molecule has 3 rings (SSSR count). The van der Waals surface area contributed by atoms with Gasteiger partial charge in [-0.05, 0) is 38.1 Å². The Hall–Kier alpha value is -1.36. The van der Waals surface area contributed by atoms with Gasteiger partial charge in [-0.2, -0.15) is 5.10 Å². The summed E-state index contributed by atoms with van der Waals surface area (Å²) in [6.45, 7) is 0. The summed E-state index contributed by atoms with van der Waals surface area (Å²) in [6, 6.07) is 0.0457. The quantitative estimate of drug-likeness (QED) is 0.888. The largest absolute Gasteiger partial charge is 0.352 e. The van der Waals surface area contributed by atoms with E-state index in [9.17, 15) is 4.79 Å². The molecule has 0 bridgehead atoms. The van der Waals surface area contributed by atoms with Gasteiger partial charge in [0.2, 0.25) is 5.91 Å². The van der Waals surface area contributed by atoms with Crippen molar-refractivity contribution in [3.05, 3.63) is 18.0 Å². The second-order valence-electron chi connectivity index (χ2n) is 6.64. The Morgan fingerprint density at radius 1 is 1.33 bits per heavy atom. The number of carbonyl (C=O) groups is 1. The van der Waals surface area contributed by atoms with Crippen molar-refractivity contribution in [2.24, 2.45) is 18.9 Å². The van der Waals surface area contributed by atoms with Crippen LogP contribution < -0.4 is 10.6 Å². The first kappa shape index (κ1) is 14.6. The lowest BCUT2D eigenvalue weighted by atomic mass is 9.79. The molecular formula is C16H26N4O. The van der Waals surface area contributed by atoms with E-state index >= 15 is 0 Å². The zero-order chi connectivity index (χ0) is 14.8. The standard InChI is InChI=1S/C16H26N4O/c1-17-15(13-9-18-20(2)10-13)16(21)19-14-7-6-11-4-3-5-12(11)8-14/h9-12,14-15,17H,3-8H2,1-2H3,(H,19,21). The summed E-state index contributed by atoms with van der Waals surface area (Å²) in [6.07, 6.45) is 11.4. The van der Waals surface area contributed by atoms with Crippen LogP contribution in [0, 0.1) is 11.8 Å². The van der Waals surface area contributed by atoms with Crippen LogP contribution in [0.3, 0.4) is 0 Å². The highest BCUT2D eigenvalue weighted by Gasteiger charge is 2.35. The maximum absolute atomic E-state index is 12.5. The third-order valence-electron chi connectivity index (χ3n) is 5.25. The number of amides is 1. The number of aryl methyl sites for hydroxylation is 1. The fourth-order valence-corrected chi connectivity index (χ4v) is 4.16. The monoisotopic (exact) mass is 290 g/mol. The van der Waals surface area contributed by atoms with Crippen molar-refractivity contribution in [1.82, 2.24) is 20.4 Å². The third-order valence-corrected chi connectivity index (χ3v) is 5.25. The van der Waals surface area contributed by atoms with Crippen LogP contribution in [0.2, 0.25) is 0 Å². The average molecular weight is 290 g/mol. The molecule has 0 saturated heterocycles. The topological polar surface area (TPSA) is 59.0 Å². The van der Waals surface area contributed by atoms with Gasteiger partial charge in [-0.3, -0.25) is 9.48 Å². The Morgan fingerprint density at radius 2 is 2.14 bits per heavy atom. The highest BCUT2D eigenvalue weighted by atomic mass is 16.2. The molecule has 2 fully saturated rings. The van der Waals surface area contributed by atoms with E-state index < -0.39 is 0 Å². The minimum absolute atomic E-state index is 0.0759. The molecule has 2 saturated carbocycles. The zero-order valence-electron chi connectivity index (χ0n) is 13.0. The fraction of sp³-hybridized carbons (Fsp3) is 0.750. The van der Waals surface area contributed by atoms with Crippen LogP contribution in [0.5, 0.6) is 0 Å². The first-order chi connectivity index (χ1) is 10.2. The molecule has 1 heterocycles. The highest BCUT2D eigenvalue weighted by molar-refractivity contribution is 5.83. The Morgan fingerprint density at radius 3 is 2.86 bits per heavy atom. The van der Waals surface area contributed by atoms with E-state index in [2.05, 4.69) is 15.7 Å². The summed E-state index contributed by atoms with van der Waals surface area (Å²) < 4.78 is 1.73. The van der Waals surface area contributed by atoms with Crippen molar-refractivity contribution in [3.63, 3.8) is 0 Å². The van der Waals surface area contributed by atoms with E-state index in [1.165, 1.54) is 32.1 Å². The summed E-state index contributed by atoms with van der Waals surface area (Å²) >= 11 is 0. The highest BCUT2D eigenvalue weighted by Crippen LogP contribution is 2.42. The SMILES string of the molecule is CNC(C(=O)NC1CCC2CCCC2C1)c1cnn(C)c1. The van der Waals surface area contributed by atoms with Crippen LogP contribution >= 0.6 is 0 Å². The lowest BCUT2D eigenvalue weighted by molar-refractivity contribution is -0.124. The average Bonchev–Trinajstić information content (AvgIpc) is 3.08. The van der Waals surface area contributed by atoms with E-state index in [1.807, 2.05) is 20.3 Å². The number of nitrogens with zero attached hydrogens (tertiary/aromatic N) is 2. The summed E-state index contributed by atoms with van der Waals surface area (Å²) in [7, 11) is 3.70. The Kier molecular flexibility index (Phi) is 4.29. The predicted molar refractivity (Wildman–Crippen MR) is 81.6 cm³/mol. The van der Waals surface area contributed by atoms with Crippen LogP contribution in [0.1, 0.15) is 50.1 Å². The summed E-state index contributed by atoms with van der Waals surface area (Å²) in [4.78, 5) is 12.5. The number of fused-ring (bicyclic) bond motifs is 1. The molecule has 2 aliphatic carbocycles. The molecule has 0 radical (unpaired) electrons. The van der Waals surface area contributed by atoms with E-state index in [1.54, 1.807) is 10.9 Å². The Balaban J connectivity index is 1.59. The molecule has 1 amide bonds. The summed E-state index contributed by atoms with van der Waals surface area (Å²) in [5, 5.41) is 10.5. The molecule has 1 aromatic rings. The maximum atomic E-state index is 12.5. The first-order valence-electron chi connectivity index (χ1n) is 8.13. The molecule has 2 aliphatic rings. The van der Waals surface area contributed by atoms with Gasteiger partial charge in [-0.1, -0.05) is 19.3 Å². The number of rotatable bonds is 4. The van der Waals surface area contributed by atoms with Gasteiger partial charge >= 0.3 is 0 Å². The fourth-order valence-electron chi connectivity index (χ4n) is 4.16. The van der Waals surface area contributed by atoms with Crippen LogP contribution in [-0.2, 0) is 11.8 Å². The predicted octanol–water partition coefficient (Wildman–Crippen LogP) is 1.77. The Bertz CT molecular complexity index is 498. The van der Waals surface area contributed by atoms with Crippen molar-refractivity contribution >= 4 is 5.91 Å². The number of aromatic nitrogens is 2. The molecule has 116 valence electrons. The molecule has 0 aliphatic heterocycles. The minimum atomic E-state index is -0.306. The molecule has 5 heteroatoms. The van der Waals surface area contributed by atoms with Crippen molar-refractivity contribution in [2.45, 2.75) is 50.6 Å². The molecule has 1 aromatic heterocycles. The van der Waals surface area contributed by atoms with Gasteiger partial charge in [0.15, 0.2) is 0 Å². The second-order valence-corrected chi connectivity index (χ2v) is 6.64. The summed E-state index contributed by atoms with van der Waals surface area (Å²) in [5.41, 5.74) is 0.923. The van der Waals surface area contributed by atoms with E-state index in [0.29, 0.717) is 6.04 Å². The Labute approximate surface area is 126 Å². The minimum Gasteiger partial charge on any atom is -0.352 e. The van der Waals surface area contributed by atoms with Gasteiger partial charge in [0.05, 0.1) is 6.20 Å². The van der Waals surface area contributed by atoms with E-state index in [4.69, 9.17) is 0 Å². The molecule has 21 heavy (non-hydrogen) atoms. The molecule has 4 atom stereocenters. The van der Waals surface area contributed by atoms with Crippen molar-refractivity contribution in [1.29, 1.82) is 0 Å². The van der Waals surface area contributed by atoms with Crippen LogP contribution in [0.25, 0.3) is 0 Å². The number of hydrogen-bond donors (Lipinski definition) is 2. The van der Waals surface area contributed by atoms with E-state index in [0.717, 1.165) is 23.8 Å². The van der Waals surface area contributed by atoms with Gasteiger partial charge < -0.3 is 10.6 Å². The van der Waals surface area contributed by atoms with Gasteiger partial charge in [-0.25, -0.2) is 0 Å². The number of likely N-dealkylation sites (N-methyl/N-ethyl adjacent to an activating group) is 1. The summed E-state index contributed by atoms with van der Waals surface area (Å²) in [5.74, 6) is 1.85. The van der Waals surface area contributed by atoms with Crippen molar-refractivity contribution in [2.75, 3.05) is 7.05 Å². The van der Waals surface area contributed by atoms with Gasteiger partial charge in [-0.15, -0.1) is 0 Å². The van der Waals surface area contributed by atoms with Gasteiger partial charge in [0.25, 0.3) is 0 Å². The van der Waals surface area contributed by atoms with Crippen LogP contribution in [-0.4, -0.2) is 28.8 Å². The molecule has 0 aromatic carbocycles. The first-order valence-corrected chi connectivity index (χ1v) is 8.13. The van der Waals surface area contributed by atoms with E-state index in [-0.39, 0.29) is 11.9 Å². The zero-order valence-corrected chi connectivity index (χ0v) is 13.0. The van der Waals surface area contributed by atoms with Gasteiger partial charge in [0, 0.05) is 24.8 Å². The normalized spacial score (nSPS) is 29.9. The third kappa shape index (κ3) is 3.12.